The Morgan fingerprint density at radius 3 is 2.88 bits per heavy atom. The minimum Gasteiger partial charge on any atom is -0.360 e. The summed E-state index contributed by atoms with van der Waals surface area (Å²) in [5, 5.41) is 0. The van der Waals surface area contributed by atoms with Crippen LogP contribution >= 0.6 is 11.8 Å². The highest BCUT2D eigenvalue weighted by atomic mass is 32.2. The van der Waals surface area contributed by atoms with E-state index in [1.807, 2.05) is 33.7 Å². The second-order valence-corrected chi connectivity index (χ2v) is 9.00. The summed E-state index contributed by atoms with van der Waals surface area (Å²) >= 11 is 1.89. The molecule has 2 bridgehead atoms. The molecule has 0 saturated carbocycles. The third-order valence-corrected chi connectivity index (χ3v) is 6.71. The molecule has 0 radical (unpaired) electrons. The van der Waals surface area contributed by atoms with Crippen molar-refractivity contribution < 1.29 is 14.3 Å². The molecule has 6 heteroatoms. The third-order valence-electron chi connectivity index (χ3n) is 5.76. The first-order valence-corrected chi connectivity index (χ1v) is 10.2. The molecule has 4 atom stereocenters. The summed E-state index contributed by atoms with van der Waals surface area (Å²) in [7, 11) is 0. The summed E-state index contributed by atoms with van der Waals surface area (Å²) < 4.78 is 6.19. The first-order valence-electron chi connectivity index (χ1n) is 9.04. The molecule has 3 saturated heterocycles. The molecule has 0 aromatic heterocycles. The molecule has 24 heavy (non-hydrogen) atoms. The molecule has 0 aliphatic carbocycles. The van der Waals surface area contributed by atoms with Crippen LogP contribution in [0.4, 0.5) is 0 Å². The Labute approximate surface area is 147 Å². The zero-order valence-electron chi connectivity index (χ0n) is 14.4. The van der Waals surface area contributed by atoms with Crippen LogP contribution in [0.25, 0.3) is 0 Å². The van der Waals surface area contributed by atoms with E-state index in [2.05, 4.69) is 13.8 Å². The van der Waals surface area contributed by atoms with E-state index in [0.29, 0.717) is 12.5 Å². The fourth-order valence-electron chi connectivity index (χ4n) is 4.46. The zero-order chi connectivity index (χ0) is 16.9. The molecule has 132 valence electrons. The summed E-state index contributed by atoms with van der Waals surface area (Å²) in [6.07, 6.45) is 4.83. The van der Waals surface area contributed by atoms with E-state index in [4.69, 9.17) is 4.74 Å². The molecule has 3 fully saturated rings. The quantitative estimate of drug-likeness (QED) is 0.719. The molecule has 0 aromatic rings. The van der Waals surface area contributed by atoms with Gasteiger partial charge in [0.15, 0.2) is 0 Å². The van der Waals surface area contributed by atoms with Crippen molar-refractivity contribution in [1.29, 1.82) is 0 Å². The van der Waals surface area contributed by atoms with Crippen LogP contribution in [0.3, 0.4) is 0 Å². The fourth-order valence-corrected chi connectivity index (χ4v) is 5.36. The van der Waals surface area contributed by atoms with Crippen molar-refractivity contribution in [1.82, 2.24) is 9.80 Å². The topological polar surface area (TPSA) is 49.9 Å². The number of amides is 2. The summed E-state index contributed by atoms with van der Waals surface area (Å²) in [5.74, 6) is 2.14. The average molecular weight is 350 g/mol. The van der Waals surface area contributed by atoms with Crippen molar-refractivity contribution in [3.8, 4) is 0 Å². The lowest BCUT2D eigenvalue weighted by Crippen LogP contribution is -2.48. The van der Waals surface area contributed by atoms with Gasteiger partial charge in [0.1, 0.15) is 5.60 Å². The van der Waals surface area contributed by atoms with Crippen molar-refractivity contribution >= 4 is 23.6 Å². The van der Waals surface area contributed by atoms with Gasteiger partial charge in [-0.2, -0.15) is 11.8 Å². The third kappa shape index (κ3) is 2.49. The predicted octanol–water partition coefficient (Wildman–Crippen LogP) is 1.39. The van der Waals surface area contributed by atoms with Crippen molar-refractivity contribution in [2.24, 2.45) is 17.8 Å². The number of ether oxygens (including phenoxy) is 1. The van der Waals surface area contributed by atoms with Crippen molar-refractivity contribution in [3.63, 3.8) is 0 Å². The smallest absolute Gasteiger partial charge is 0.230 e. The van der Waals surface area contributed by atoms with Gasteiger partial charge < -0.3 is 14.5 Å². The number of likely N-dealkylation sites (tertiary alicyclic amines) is 1. The van der Waals surface area contributed by atoms with Crippen molar-refractivity contribution in [2.75, 3.05) is 37.7 Å². The molecule has 4 heterocycles. The van der Waals surface area contributed by atoms with Crippen LogP contribution in [0.5, 0.6) is 0 Å². The standard InChI is InChI=1S/C18H26N2O3S/c1-12(2)4-6-20-11-18-5-3-13(23-18)14(15(18)17(20)22)16(21)19-7-9-24-10-8-19/h3,5,12-15H,4,6-11H2,1-2H3/t13-,14-,15+,18-/m0/s1. The van der Waals surface area contributed by atoms with Gasteiger partial charge in [-0.3, -0.25) is 9.59 Å². The number of nitrogens with zero attached hydrogens (tertiary/aromatic N) is 2. The molecule has 2 amide bonds. The van der Waals surface area contributed by atoms with Gasteiger partial charge >= 0.3 is 0 Å². The first-order chi connectivity index (χ1) is 11.5. The Balaban J connectivity index is 1.54. The lowest BCUT2D eigenvalue weighted by Gasteiger charge is -2.32. The monoisotopic (exact) mass is 350 g/mol. The van der Waals surface area contributed by atoms with Crippen LogP contribution < -0.4 is 0 Å². The number of thioether (sulfide) groups is 1. The molecular formula is C18H26N2O3S. The number of carbonyl (C=O) groups is 2. The van der Waals surface area contributed by atoms with E-state index < -0.39 is 5.60 Å². The zero-order valence-corrected chi connectivity index (χ0v) is 15.3. The van der Waals surface area contributed by atoms with E-state index in [-0.39, 0.29) is 29.8 Å². The molecule has 1 spiro atoms. The Morgan fingerprint density at radius 1 is 1.42 bits per heavy atom. The van der Waals surface area contributed by atoms with E-state index in [0.717, 1.165) is 37.6 Å². The fraction of sp³-hybridized carbons (Fsp3) is 0.778. The Morgan fingerprint density at radius 2 is 2.17 bits per heavy atom. The lowest BCUT2D eigenvalue weighted by molar-refractivity contribution is -0.143. The first kappa shape index (κ1) is 16.5. The molecular weight excluding hydrogens is 324 g/mol. The van der Waals surface area contributed by atoms with Crippen molar-refractivity contribution in [2.45, 2.75) is 32.0 Å². The lowest BCUT2D eigenvalue weighted by atomic mass is 9.76. The predicted molar refractivity (Wildman–Crippen MR) is 93.7 cm³/mol. The van der Waals surface area contributed by atoms with E-state index in [1.54, 1.807) is 0 Å². The number of carbonyl (C=O) groups excluding carboxylic acids is 2. The minimum absolute atomic E-state index is 0.118. The van der Waals surface area contributed by atoms with Crippen LogP contribution in [0.2, 0.25) is 0 Å². The Kier molecular flexibility index (Phi) is 4.15. The van der Waals surface area contributed by atoms with Gasteiger partial charge in [-0.05, 0) is 12.3 Å². The summed E-state index contributed by atoms with van der Waals surface area (Å²) in [6, 6.07) is 0. The average Bonchev–Trinajstić information content (AvgIpc) is 3.21. The highest BCUT2D eigenvalue weighted by Gasteiger charge is 2.67. The van der Waals surface area contributed by atoms with Gasteiger partial charge in [0, 0.05) is 31.1 Å². The number of fused-ring (bicyclic) bond motifs is 1. The maximum absolute atomic E-state index is 13.1. The molecule has 0 N–H and O–H groups in total. The molecule has 5 nitrogen and oxygen atoms in total. The number of hydrogen-bond acceptors (Lipinski definition) is 4. The second-order valence-electron chi connectivity index (χ2n) is 7.78. The van der Waals surface area contributed by atoms with Gasteiger partial charge in [-0.15, -0.1) is 0 Å². The highest BCUT2D eigenvalue weighted by Crippen LogP contribution is 2.52. The van der Waals surface area contributed by atoms with Crippen LogP contribution in [-0.2, 0) is 14.3 Å². The van der Waals surface area contributed by atoms with Crippen LogP contribution in [-0.4, -0.2) is 71.0 Å². The Bertz CT molecular complexity index is 573. The number of hydrogen-bond donors (Lipinski definition) is 0. The SMILES string of the molecule is CC(C)CCN1C[C@]23C=C[C@H](O2)[C@H](C(=O)N2CCSCC2)[C@@H]3C1=O. The largest absolute Gasteiger partial charge is 0.360 e. The summed E-state index contributed by atoms with van der Waals surface area (Å²) in [4.78, 5) is 30.0. The summed E-state index contributed by atoms with van der Waals surface area (Å²) in [6.45, 7) is 7.29. The maximum Gasteiger partial charge on any atom is 0.230 e. The maximum atomic E-state index is 13.1. The minimum atomic E-state index is -0.552. The van der Waals surface area contributed by atoms with Crippen molar-refractivity contribution in [3.05, 3.63) is 12.2 Å². The highest BCUT2D eigenvalue weighted by molar-refractivity contribution is 7.99. The van der Waals surface area contributed by atoms with Gasteiger partial charge in [0.05, 0.1) is 24.5 Å². The van der Waals surface area contributed by atoms with E-state index in [1.165, 1.54) is 0 Å². The van der Waals surface area contributed by atoms with Gasteiger partial charge in [0.25, 0.3) is 0 Å². The van der Waals surface area contributed by atoms with Gasteiger partial charge in [-0.25, -0.2) is 0 Å². The molecule has 4 aliphatic heterocycles. The Hall–Kier alpha value is -1.01. The van der Waals surface area contributed by atoms with Crippen LogP contribution in [0.1, 0.15) is 20.3 Å². The van der Waals surface area contributed by atoms with Crippen LogP contribution in [0, 0.1) is 17.8 Å². The van der Waals surface area contributed by atoms with E-state index >= 15 is 0 Å². The molecule has 0 unspecified atom stereocenters. The van der Waals surface area contributed by atoms with Crippen LogP contribution in [0.15, 0.2) is 12.2 Å². The number of rotatable bonds is 4. The molecule has 0 aromatic carbocycles. The normalized spacial score (nSPS) is 37.6. The second kappa shape index (κ2) is 6.06. The molecule has 4 aliphatic rings. The molecule has 4 rings (SSSR count). The van der Waals surface area contributed by atoms with E-state index in [9.17, 15) is 9.59 Å². The van der Waals surface area contributed by atoms with Gasteiger partial charge in [-0.1, -0.05) is 26.0 Å². The summed E-state index contributed by atoms with van der Waals surface area (Å²) in [5.41, 5.74) is -0.552. The van der Waals surface area contributed by atoms with Gasteiger partial charge in [0.2, 0.25) is 11.8 Å².